The van der Waals surface area contributed by atoms with E-state index in [1.807, 2.05) is 0 Å². The molecule has 0 saturated carbocycles. The summed E-state index contributed by atoms with van der Waals surface area (Å²) in [6, 6.07) is 8.38. The number of H-pyrrole nitrogens is 1. The third-order valence-corrected chi connectivity index (χ3v) is 5.84. The Morgan fingerprint density at radius 2 is 1.96 bits per heavy atom. The Balaban J connectivity index is 1.48. The molecule has 24 heavy (non-hydrogen) atoms. The Kier molecular flexibility index (Phi) is 4.22. The van der Waals surface area contributed by atoms with Gasteiger partial charge in [-0.05, 0) is 43.0 Å². The maximum Gasteiger partial charge on any atom is 0.256 e. The molecule has 3 heterocycles. The number of nitrogens with zero attached hydrogens (tertiary/aromatic N) is 2. The molecule has 2 aliphatic heterocycles. The van der Waals surface area contributed by atoms with Crippen molar-refractivity contribution in [3.05, 3.63) is 45.9 Å². The van der Waals surface area contributed by atoms with Crippen molar-refractivity contribution in [2.75, 3.05) is 23.3 Å². The number of rotatable bonds is 3. The summed E-state index contributed by atoms with van der Waals surface area (Å²) in [5.74, 6) is 2.95. The smallest absolute Gasteiger partial charge is 0.256 e. The van der Waals surface area contributed by atoms with E-state index in [-0.39, 0.29) is 5.56 Å². The van der Waals surface area contributed by atoms with Crippen LogP contribution in [0.2, 0.25) is 0 Å². The van der Waals surface area contributed by atoms with E-state index in [1.54, 1.807) is 11.8 Å². The fraction of sp³-hybridized carbons (Fsp3) is 0.444. The Labute approximate surface area is 145 Å². The van der Waals surface area contributed by atoms with Crippen LogP contribution < -0.4 is 15.8 Å². The normalized spacial score (nSPS) is 17.8. The molecule has 5 nitrogen and oxygen atoms in total. The van der Waals surface area contributed by atoms with E-state index >= 15 is 0 Å². The molecule has 0 aliphatic carbocycles. The second kappa shape index (κ2) is 6.51. The first kappa shape index (κ1) is 15.6. The summed E-state index contributed by atoms with van der Waals surface area (Å²) in [6.45, 7) is 4.59. The van der Waals surface area contributed by atoms with Crippen molar-refractivity contribution in [1.82, 2.24) is 9.97 Å². The van der Waals surface area contributed by atoms with Gasteiger partial charge in [0.1, 0.15) is 0 Å². The highest BCUT2D eigenvalue weighted by molar-refractivity contribution is 7.98. The van der Waals surface area contributed by atoms with Crippen LogP contribution in [0.1, 0.15) is 31.0 Å². The van der Waals surface area contributed by atoms with Gasteiger partial charge in [0.15, 0.2) is 0 Å². The summed E-state index contributed by atoms with van der Waals surface area (Å²) >= 11 is 1.73. The second-order valence-electron chi connectivity index (χ2n) is 6.67. The predicted octanol–water partition coefficient (Wildman–Crippen LogP) is 3.50. The number of fused-ring (bicyclic) bond motifs is 1. The minimum absolute atomic E-state index is 0.0217. The maximum atomic E-state index is 12.1. The molecular weight excluding hydrogens is 320 g/mol. The summed E-state index contributed by atoms with van der Waals surface area (Å²) < 4.78 is 0. The molecule has 0 amide bonds. The second-order valence-corrected chi connectivity index (χ2v) is 7.66. The van der Waals surface area contributed by atoms with Gasteiger partial charge in [-0.1, -0.05) is 6.92 Å². The van der Waals surface area contributed by atoms with E-state index < -0.39 is 0 Å². The highest BCUT2D eigenvalue weighted by Gasteiger charge is 2.18. The molecule has 0 unspecified atom stereocenters. The number of anilines is 3. The summed E-state index contributed by atoms with van der Waals surface area (Å²) in [6.07, 6.45) is 2.52. The molecule has 0 radical (unpaired) electrons. The van der Waals surface area contributed by atoms with Gasteiger partial charge < -0.3 is 10.2 Å². The Morgan fingerprint density at radius 3 is 2.71 bits per heavy atom. The molecule has 6 heteroatoms. The lowest BCUT2D eigenvalue weighted by Gasteiger charge is -2.32. The number of piperidine rings is 1. The Bertz CT molecular complexity index is 779. The molecule has 1 aromatic carbocycles. The van der Waals surface area contributed by atoms with E-state index in [1.165, 1.54) is 18.5 Å². The number of thioether (sulfide) groups is 1. The lowest BCUT2D eigenvalue weighted by molar-refractivity contribution is 0.438. The van der Waals surface area contributed by atoms with E-state index in [4.69, 9.17) is 0 Å². The van der Waals surface area contributed by atoms with Crippen molar-refractivity contribution in [2.24, 2.45) is 5.92 Å². The van der Waals surface area contributed by atoms with Crippen LogP contribution in [-0.2, 0) is 11.5 Å². The number of aromatic nitrogens is 2. The van der Waals surface area contributed by atoms with E-state index in [9.17, 15) is 4.79 Å². The summed E-state index contributed by atoms with van der Waals surface area (Å²) in [7, 11) is 0. The first-order valence-electron chi connectivity index (χ1n) is 8.51. The van der Waals surface area contributed by atoms with Crippen LogP contribution in [-0.4, -0.2) is 23.1 Å². The minimum atomic E-state index is -0.0217. The zero-order valence-electron chi connectivity index (χ0n) is 13.8. The fourth-order valence-corrected chi connectivity index (χ4v) is 4.32. The molecule has 4 rings (SSSR count). The molecule has 1 aromatic heterocycles. The van der Waals surface area contributed by atoms with Gasteiger partial charge in [0.05, 0.1) is 5.69 Å². The number of aromatic amines is 1. The quantitative estimate of drug-likeness (QED) is 0.894. The van der Waals surface area contributed by atoms with Crippen molar-refractivity contribution in [3.63, 3.8) is 0 Å². The Morgan fingerprint density at radius 1 is 1.21 bits per heavy atom. The van der Waals surface area contributed by atoms with Crippen molar-refractivity contribution in [1.29, 1.82) is 0 Å². The summed E-state index contributed by atoms with van der Waals surface area (Å²) in [5.41, 5.74) is 3.91. The van der Waals surface area contributed by atoms with Crippen molar-refractivity contribution < 1.29 is 0 Å². The first-order valence-corrected chi connectivity index (χ1v) is 9.66. The van der Waals surface area contributed by atoms with Gasteiger partial charge in [-0.25, -0.2) is 4.98 Å². The number of hydrogen-bond acceptors (Lipinski definition) is 5. The van der Waals surface area contributed by atoms with E-state index in [0.717, 1.165) is 47.5 Å². The number of benzene rings is 1. The van der Waals surface area contributed by atoms with Crippen LogP contribution in [0, 0.1) is 5.92 Å². The van der Waals surface area contributed by atoms with Crippen LogP contribution in [0.25, 0.3) is 0 Å². The van der Waals surface area contributed by atoms with Gasteiger partial charge in [-0.15, -0.1) is 0 Å². The van der Waals surface area contributed by atoms with Gasteiger partial charge in [-0.3, -0.25) is 9.78 Å². The van der Waals surface area contributed by atoms with Crippen molar-refractivity contribution in [3.8, 4) is 0 Å². The first-order chi connectivity index (χ1) is 11.7. The standard InChI is InChI=1S/C18H22N4OS/c1-12-6-8-22(9-7-12)14-4-2-13(3-5-14)19-18-20-16-11-24-10-15(16)17(23)21-18/h2-5,12H,6-11H2,1H3,(H2,19,20,21,23). The third-order valence-electron chi connectivity index (χ3n) is 4.87. The van der Waals surface area contributed by atoms with E-state index in [0.29, 0.717) is 5.95 Å². The van der Waals surface area contributed by atoms with Crippen LogP contribution in [0.4, 0.5) is 17.3 Å². The van der Waals surface area contributed by atoms with Crippen molar-refractivity contribution in [2.45, 2.75) is 31.3 Å². The zero-order chi connectivity index (χ0) is 16.5. The Hall–Kier alpha value is -1.95. The fourth-order valence-electron chi connectivity index (χ4n) is 3.28. The monoisotopic (exact) mass is 342 g/mol. The van der Waals surface area contributed by atoms with Gasteiger partial charge in [0.2, 0.25) is 5.95 Å². The summed E-state index contributed by atoms with van der Waals surface area (Å²) in [4.78, 5) is 21.9. The molecule has 0 bridgehead atoms. The zero-order valence-corrected chi connectivity index (χ0v) is 14.7. The van der Waals surface area contributed by atoms with Crippen LogP contribution in [0.15, 0.2) is 29.1 Å². The molecular formula is C18H22N4OS. The maximum absolute atomic E-state index is 12.1. The minimum Gasteiger partial charge on any atom is -0.372 e. The highest BCUT2D eigenvalue weighted by Crippen LogP contribution is 2.27. The lowest BCUT2D eigenvalue weighted by atomic mass is 9.99. The average Bonchev–Trinajstić information content (AvgIpc) is 3.05. The molecule has 1 fully saturated rings. The molecule has 0 atom stereocenters. The predicted molar refractivity (Wildman–Crippen MR) is 100 cm³/mol. The summed E-state index contributed by atoms with van der Waals surface area (Å²) in [5, 5.41) is 3.22. The van der Waals surface area contributed by atoms with Gasteiger partial charge in [0, 0.05) is 41.5 Å². The molecule has 2 aliphatic rings. The molecule has 2 aromatic rings. The average molecular weight is 342 g/mol. The molecule has 126 valence electrons. The van der Waals surface area contributed by atoms with Crippen LogP contribution in [0.5, 0.6) is 0 Å². The third kappa shape index (κ3) is 3.15. The number of hydrogen-bond donors (Lipinski definition) is 2. The van der Waals surface area contributed by atoms with Crippen LogP contribution >= 0.6 is 11.8 Å². The SMILES string of the molecule is CC1CCN(c2ccc(Nc3nc4c(c(=O)[nH]3)CSC4)cc2)CC1. The van der Waals surface area contributed by atoms with E-state index in [2.05, 4.69) is 51.4 Å². The van der Waals surface area contributed by atoms with Crippen LogP contribution in [0.3, 0.4) is 0 Å². The van der Waals surface area contributed by atoms with Crippen molar-refractivity contribution >= 4 is 29.1 Å². The molecule has 2 N–H and O–H groups in total. The topological polar surface area (TPSA) is 61.0 Å². The largest absolute Gasteiger partial charge is 0.372 e. The highest BCUT2D eigenvalue weighted by atomic mass is 32.2. The molecule has 1 saturated heterocycles. The number of nitrogens with one attached hydrogen (secondary N) is 2. The molecule has 0 spiro atoms. The van der Waals surface area contributed by atoms with Gasteiger partial charge in [0.25, 0.3) is 5.56 Å². The van der Waals surface area contributed by atoms with Gasteiger partial charge >= 0.3 is 0 Å². The lowest BCUT2D eigenvalue weighted by Crippen LogP contribution is -2.32. The van der Waals surface area contributed by atoms with Gasteiger partial charge in [-0.2, -0.15) is 11.8 Å².